The van der Waals surface area contributed by atoms with Gasteiger partial charge in [0.15, 0.2) is 0 Å². The first kappa shape index (κ1) is 23.8. The quantitative estimate of drug-likeness (QED) is 0.408. The van der Waals surface area contributed by atoms with Crippen LogP contribution < -0.4 is 0 Å². The summed E-state index contributed by atoms with van der Waals surface area (Å²) in [4.78, 5) is 0. The van der Waals surface area contributed by atoms with Crippen molar-refractivity contribution in [2.75, 3.05) is 0 Å². The summed E-state index contributed by atoms with van der Waals surface area (Å²) < 4.78 is 0. The van der Waals surface area contributed by atoms with Crippen LogP contribution in [0.2, 0.25) is 0 Å². The molecule has 1 heteroatoms. The fourth-order valence-electron chi connectivity index (χ4n) is 1.82. The maximum Gasteiger partial charge on any atom is 0.118 e. The highest BCUT2D eigenvalue weighted by atomic mass is 16.3. The SMILES string of the molecule is C=C(C)C.C=C(C)C.CCCCCCCCc1ccccc1O. The third-order valence-corrected chi connectivity index (χ3v) is 2.79. The van der Waals surface area contributed by atoms with Crippen molar-refractivity contribution >= 4 is 0 Å². The van der Waals surface area contributed by atoms with Crippen LogP contribution in [0.25, 0.3) is 0 Å². The molecule has 0 aromatic heterocycles. The standard InChI is InChI=1S/C14H22O.2C4H8/c1-2-3-4-5-6-7-10-13-11-8-9-12-14(13)15;2*1-4(2)3/h8-9,11-12,15H,2-7,10H2,1H3;2*1H2,2-3H3. The van der Waals surface area contributed by atoms with Crippen LogP contribution in [-0.2, 0) is 6.42 Å². The fourth-order valence-corrected chi connectivity index (χ4v) is 1.82. The van der Waals surface area contributed by atoms with Crippen LogP contribution in [0.3, 0.4) is 0 Å². The highest BCUT2D eigenvalue weighted by Crippen LogP contribution is 2.18. The first-order valence-electron chi connectivity index (χ1n) is 8.82. The Morgan fingerprint density at radius 3 is 1.74 bits per heavy atom. The van der Waals surface area contributed by atoms with Crippen LogP contribution in [0.5, 0.6) is 5.75 Å². The highest BCUT2D eigenvalue weighted by Gasteiger charge is 1.98. The van der Waals surface area contributed by atoms with Gasteiger partial charge in [-0.2, -0.15) is 0 Å². The normalized spacial score (nSPS) is 9.09. The molecule has 1 aromatic rings. The number of hydrogen-bond acceptors (Lipinski definition) is 1. The molecule has 0 aliphatic carbocycles. The van der Waals surface area contributed by atoms with Crippen molar-refractivity contribution in [3.8, 4) is 5.75 Å². The first-order valence-corrected chi connectivity index (χ1v) is 8.82. The van der Waals surface area contributed by atoms with Crippen molar-refractivity contribution in [3.63, 3.8) is 0 Å². The molecule has 1 N–H and O–H groups in total. The second-order valence-corrected chi connectivity index (χ2v) is 6.56. The van der Waals surface area contributed by atoms with Crippen molar-refractivity contribution in [1.82, 2.24) is 0 Å². The average Bonchev–Trinajstić information content (AvgIpc) is 2.43. The highest BCUT2D eigenvalue weighted by molar-refractivity contribution is 5.31. The number of allylic oxidation sites excluding steroid dienone is 2. The van der Waals surface area contributed by atoms with Crippen LogP contribution in [0.15, 0.2) is 48.6 Å². The molecule has 0 fully saturated rings. The summed E-state index contributed by atoms with van der Waals surface area (Å²) in [6.07, 6.45) is 8.85. The molecule has 132 valence electrons. The van der Waals surface area contributed by atoms with Gasteiger partial charge in [0.1, 0.15) is 5.75 Å². The van der Waals surface area contributed by atoms with E-state index in [2.05, 4.69) is 20.1 Å². The topological polar surface area (TPSA) is 20.2 Å². The van der Waals surface area contributed by atoms with Gasteiger partial charge in [0.05, 0.1) is 0 Å². The maximum atomic E-state index is 9.55. The van der Waals surface area contributed by atoms with E-state index < -0.39 is 0 Å². The van der Waals surface area contributed by atoms with Gasteiger partial charge in [-0.25, -0.2) is 0 Å². The monoisotopic (exact) mass is 318 g/mol. The molecule has 1 aromatic carbocycles. The molecular formula is C22H38O. The summed E-state index contributed by atoms with van der Waals surface area (Å²) in [6, 6.07) is 7.65. The van der Waals surface area contributed by atoms with Crippen molar-refractivity contribution in [3.05, 3.63) is 54.1 Å². The predicted octanol–water partition coefficient (Wildman–Crippen LogP) is 7.46. The zero-order chi connectivity index (χ0) is 18.1. The largest absolute Gasteiger partial charge is 0.508 e. The van der Waals surface area contributed by atoms with Crippen molar-refractivity contribution in [2.24, 2.45) is 0 Å². The van der Waals surface area contributed by atoms with E-state index in [1.807, 2.05) is 45.9 Å². The van der Waals surface area contributed by atoms with Crippen LogP contribution in [0.1, 0.15) is 78.7 Å². The molecule has 0 spiro atoms. The lowest BCUT2D eigenvalue weighted by atomic mass is 10.0. The van der Waals surface area contributed by atoms with E-state index in [0.717, 1.165) is 12.0 Å². The molecule has 0 radical (unpaired) electrons. The van der Waals surface area contributed by atoms with Gasteiger partial charge in [-0.3, -0.25) is 0 Å². The van der Waals surface area contributed by atoms with E-state index in [0.29, 0.717) is 5.75 Å². The first-order chi connectivity index (χ1) is 10.8. The minimum atomic E-state index is 0.450. The maximum absolute atomic E-state index is 9.55. The number of rotatable bonds is 7. The third-order valence-electron chi connectivity index (χ3n) is 2.79. The Balaban J connectivity index is 0. The van der Waals surface area contributed by atoms with Crippen molar-refractivity contribution < 1.29 is 5.11 Å². The second-order valence-electron chi connectivity index (χ2n) is 6.56. The molecule has 0 bridgehead atoms. The van der Waals surface area contributed by atoms with Crippen LogP contribution in [-0.4, -0.2) is 5.11 Å². The third kappa shape index (κ3) is 22.9. The minimum Gasteiger partial charge on any atom is -0.508 e. The molecule has 0 heterocycles. The molecule has 0 saturated heterocycles. The molecule has 0 saturated carbocycles. The molecule has 1 rings (SSSR count). The molecule has 1 nitrogen and oxygen atoms in total. The average molecular weight is 319 g/mol. The Labute approximate surface area is 145 Å². The number of unbranched alkanes of at least 4 members (excludes halogenated alkanes) is 5. The number of hydrogen-bond donors (Lipinski definition) is 1. The number of benzene rings is 1. The molecule has 0 aliphatic heterocycles. The summed E-state index contributed by atoms with van der Waals surface area (Å²) in [6.45, 7) is 17.2. The van der Waals surface area contributed by atoms with Gasteiger partial charge in [0.25, 0.3) is 0 Å². The number of para-hydroxylation sites is 1. The van der Waals surface area contributed by atoms with Gasteiger partial charge < -0.3 is 5.11 Å². The van der Waals surface area contributed by atoms with Crippen molar-refractivity contribution in [1.29, 1.82) is 0 Å². The zero-order valence-electron chi connectivity index (χ0n) is 16.1. The summed E-state index contributed by atoms with van der Waals surface area (Å²) in [5.74, 6) is 0.450. The summed E-state index contributed by atoms with van der Waals surface area (Å²) in [5.41, 5.74) is 3.42. The second kappa shape index (κ2) is 16.9. The van der Waals surface area contributed by atoms with Crippen LogP contribution in [0, 0.1) is 0 Å². The molecule has 23 heavy (non-hydrogen) atoms. The van der Waals surface area contributed by atoms with E-state index in [9.17, 15) is 5.11 Å². The minimum absolute atomic E-state index is 0.450. The predicted molar refractivity (Wildman–Crippen MR) is 106 cm³/mol. The van der Waals surface area contributed by atoms with Gasteiger partial charge >= 0.3 is 0 Å². The van der Waals surface area contributed by atoms with Crippen LogP contribution in [0.4, 0.5) is 0 Å². The van der Waals surface area contributed by atoms with Gasteiger partial charge in [-0.05, 0) is 52.2 Å². The number of phenols is 1. The Morgan fingerprint density at radius 2 is 1.26 bits per heavy atom. The Kier molecular flexibility index (Phi) is 17.4. The molecule has 0 aliphatic rings. The Bertz CT molecular complexity index is 398. The molecule has 0 amide bonds. The lowest BCUT2D eigenvalue weighted by molar-refractivity contribution is 0.466. The van der Waals surface area contributed by atoms with Gasteiger partial charge in [0.2, 0.25) is 0 Å². The summed E-state index contributed by atoms with van der Waals surface area (Å²) in [7, 11) is 0. The van der Waals surface area contributed by atoms with E-state index in [4.69, 9.17) is 0 Å². The van der Waals surface area contributed by atoms with Crippen LogP contribution >= 0.6 is 0 Å². The Morgan fingerprint density at radius 1 is 0.826 bits per heavy atom. The van der Waals surface area contributed by atoms with E-state index >= 15 is 0 Å². The summed E-state index contributed by atoms with van der Waals surface area (Å²) in [5, 5.41) is 9.55. The van der Waals surface area contributed by atoms with Gasteiger partial charge in [-0.1, -0.05) is 68.4 Å². The lowest BCUT2D eigenvalue weighted by Crippen LogP contribution is -1.86. The van der Waals surface area contributed by atoms with Gasteiger partial charge in [0, 0.05) is 0 Å². The fraction of sp³-hybridized carbons (Fsp3) is 0.545. The number of phenolic OH excluding ortho intramolecular Hbond substituents is 1. The smallest absolute Gasteiger partial charge is 0.118 e. The van der Waals surface area contributed by atoms with Gasteiger partial charge in [-0.15, -0.1) is 13.2 Å². The number of aromatic hydroxyl groups is 1. The lowest BCUT2D eigenvalue weighted by Gasteiger charge is -2.03. The molecule has 0 atom stereocenters. The Hall–Kier alpha value is -1.50. The summed E-state index contributed by atoms with van der Waals surface area (Å²) >= 11 is 0. The molecular weight excluding hydrogens is 280 g/mol. The molecule has 0 unspecified atom stereocenters. The zero-order valence-corrected chi connectivity index (χ0v) is 16.1. The van der Waals surface area contributed by atoms with E-state index in [1.54, 1.807) is 6.07 Å². The van der Waals surface area contributed by atoms with Crippen molar-refractivity contribution in [2.45, 2.75) is 79.6 Å². The van der Waals surface area contributed by atoms with E-state index in [1.165, 1.54) is 49.7 Å². The van der Waals surface area contributed by atoms with E-state index in [-0.39, 0.29) is 0 Å². The number of aryl methyl sites for hydroxylation is 1.